The van der Waals surface area contributed by atoms with E-state index < -0.39 is 0 Å². The summed E-state index contributed by atoms with van der Waals surface area (Å²) in [5.41, 5.74) is 4.41. The van der Waals surface area contributed by atoms with Gasteiger partial charge in [-0.2, -0.15) is 0 Å². The minimum absolute atomic E-state index is 0.0398. The average Bonchev–Trinajstić information content (AvgIpc) is 3.01. The molecule has 0 amide bonds. The molecule has 0 aliphatic heterocycles. The van der Waals surface area contributed by atoms with Crippen molar-refractivity contribution in [1.29, 1.82) is 0 Å². The summed E-state index contributed by atoms with van der Waals surface area (Å²) in [6, 6.07) is 16.5. The minimum atomic E-state index is -0.0537. The van der Waals surface area contributed by atoms with E-state index in [2.05, 4.69) is 5.10 Å². The Labute approximate surface area is 150 Å². The lowest BCUT2D eigenvalue weighted by Crippen LogP contribution is -2.20. The third kappa shape index (κ3) is 2.67. The second-order valence-electron chi connectivity index (χ2n) is 6.60. The van der Waals surface area contributed by atoms with Crippen LogP contribution >= 0.6 is 0 Å². The van der Waals surface area contributed by atoms with Crippen molar-refractivity contribution in [3.8, 4) is 22.4 Å². The molecular formula is C21H19N3O2. The van der Waals surface area contributed by atoms with Gasteiger partial charge in [-0.1, -0.05) is 30.3 Å². The van der Waals surface area contributed by atoms with Crippen molar-refractivity contribution in [3.63, 3.8) is 0 Å². The van der Waals surface area contributed by atoms with E-state index in [1.54, 1.807) is 22.9 Å². The molecule has 0 bridgehead atoms. The number of hydrogen-bond acceptors (Lipinski definition) is 2. The van der Waals surface area contributed by atoms with Crippen molar-refractivity contribution in [2.45, 2.75) is 19.9 Å². The maximum atomic E-state index is 12.2. The number of H-pyrrole nitrogens is 1. The van der Waals surface area contributed by atoms with Gasteiger partial charge in [0, 0.05) is 53.3 Å². The fourth-order valence-electron chi connectivity index (χ4n) is 3.24. The minimum Gasteiger partial charge on any atom is -0.312 e. The van der Waals surface area contributed by atoms with Crippen molar-refractivity contribution in [3.05, 3.63) is 87.6 Å². The predicted molar refractivity (Wildman–Crippen MR) is 104 cm³/mol. The van der Waals surface area contributed by atoms with E-state index in [4.69, 9.17) is 0 Å². The number of aromatic amines is 1. The van der Waals surface area contributed by atoms with Crippen LogP contribution in [0.2, 0.25) is 0 Å². The predicted octanol–water partition coefficient (Wildman–Crippen LogP) is 3.70. The first kappa shape index (κ1) is 16.1. The molecule has 3 heterocycles. The number of hydrogen-bond donors (Lipinski definition) is 1. The third-order valence-corrected chi connectivity index (χ3v) is 4.51. The Bertz CT molecular complexity index is 1200. The van der Waals surface area contributed by atoms with Gasteiger partial charge in [0.1, 0.15) is 0 Å². The number of rotatable bonds is 3. The van der Waals surface area contributed by atoms with Crippen molar-refractivity contribution in [1.82, 2.24) is 14.2 Å². The largest absolute Gasteiger partial charge is 0.312 e. The van der Waals surface area contributed by atoms with Gasteiger partial charge in [0.25, 0.3) is 5.56 Å². The Balaban J connectivity index is 2.08. The lowest BCUT2D eigenvalue weighted by molar-refractivity contribution is 0.579. The zero-order valence-corrected chi connectivity index (χ0v) is 14.6. The van der Waals surface area contributed by atoms with E-state index in [0.717, 1.165) is 27.9 Å². The highest BCUT2D eigenvalue weighted by atomic mass is 16.1. The molecule has 5 nitrogen and oxygen atoms in total. The number of benzene rings is 1. The Morgan fingerprint density at radius 3 is 2.42 bits per heavy atom. The SMILES string of the molecule is CC(C)n1cc(-c2c(-c3ccccc3)[nH]n3ccc(=O)cc23)ccc1=O. The first-order valence-electron chi connectivity index (χ1n) is 8.57. The van der Waals surface area contributed by atoms with Crippen LogP contribution in [0, 0.1) is 0 Å². The topological polar surface area (TPSA) is 59.3 Å². The summed E-state index contributed by atoms with van der Waals surface area (Å²) < 4.78 is 3.54. The van der Waals surface area contributed by atoms with Gasteiger partial charge < -0.3 is 4.57 Å². The summed E-state index contributed by atoms with van der Waals surface area (Å²) in [4.78, 5) is 24.1. The van der Waals surface area contributed by atoms with E-state index in [0.29, 0.717) is 0 Å². The second kappa shape index (κ2) is 6.19. The zero-order valence-electron chi connectivity index (χ0n) is 14.6. The lowest BCUT2D eigenvalue weighted by atomic mass is 10.0. The molecule has 4 rings (SSSR count). The molecule has 0 aliphatic rings. The summed E-state index contributed by atoms with van der Waals surface area (Å²) >= 11 is 0. The monoisotopic (exact) mass is 345 g/mol. The third-order valence-electron chi connectivity index (χ3n) is 4.51. The number of nitrogens with zero attached hydrogens (tertiary/aromatic N) is 2. The highest BCUT2D eigenvalue weighted by Crippen LogP contribution is 2.34. The summed E-state index contributed by atoms with van der Waals surface area (Å²) in [5, 5.41) is 3.36. The Hall–Kier alpha value is -3.34. The van der Waals surface area contributed by atoms with Gasteiger partial charge in [-0.25, -0.2) is 0 Å². The van der Waals surface area contributed by atoms with Crippen LogP contribution in [0.1, 0.15) is 19.9 Å². The Morgan fingerprint density at radius 1 is 0.923 bits per heavy atom. The molecule has 0 saturated carbocycles. The van der Waals surface area contributed by atoms with Crippen LogP contribution in [0.4, 0.5) is 0 Å². The summed E-state index contributed by atoms with van der Waals surface area (Å²) in [6.07, 6.45) is 3.59. The molecule has 5 heteroatoms. The second-order valence-corrected chi connectivity index (χ2v) is 6.60. The van der Waals surface area contributed by atoms with Gasteiger partial charge in [0.05, 0.1) is 11.2 Å². The molecular weight excluding hydrogens is 326 g/mol. The molecule has 0 radical (unpaired) electrons. The standard InChI is InChI=1S/C21H19N3O2/c1-14(2)23-13-16(8-9-19(23)26)20-18-12-17(25)10-11-24(18)22-21(20)15-6-4-3-5-7-15/h3-14,22H,1-2H3. The van der Waals surface area contributed by atoms with Gasteiger partial charge in [0.2, 0.25) is 0 Å². The Kier molecular flexibility index (Phi) is 3.84. The van der Waals surface area contributed by atoms with E-state index in [9.17, 15) is 9.59 Å². The maximum absolute atomic E-state index is 12.2. The van der Waals surface area contributed by atoms with Crippen molar-refractivity contribution >= 4 is 5.52 Å². The molecule has 0 unspecified atom stereocenters. The van der Waals surface area contributed by atoms with Crippen LogP contribution in [-0.4, -0.2) is 14.2 Å². The van der Waals surface area contributed by atoms with Gasteiger partial charge >= 0.3 is 0 Å². The van der Waals surface area contributed by atoms with Crippen LogP contribution in [0.5, 0.6) is 0 Å². The van der Waals surface area contributed by atoms with E-state index >= 15 is 0 Å². The number of pyridine rings is 2. The van der Waals surface area contributed by atoms with Gasteiger partial charge in [0.15, 0.2) is 5.43 Å². The van der Waals surface area contributed by atoms with Crippen LogP contribution in [-0.2, 0) is 0 Å². The molecule has 26 heavy (non-hydrogen) atoms. The van der Waals surface area contributed by atoms with Crippen LogP contribution in [0.25, 0.3) is 27.9 Å². The molecule has 4 aromatic rings. The van der Waals surface area contributed by atoms with Crippen molar-refractivity contribution in [2.75, 3.05) is 0 Å². The first-order chi connectivity index (χ1) is 12.5. The first-order valence-corrected chi connectivity index (χ1v) is 8.57. The zero-order chi connectivity index (χ0) is 18.3. The van der Waals surface area contributed by atoms with Crippen molar-refractivity contribution < 1.29 is 0 Å². The number of aromatic nitrogens is 3. The fraction of sp³-hybridized carbons (Fsp3) is 0.143. The fourth-order valence-corrected chi connectivity index (χ4v) is 3.24. The lowest BCUT2D eigenvalue weighted by Gasteiger charge is -2.12. The summed E-state index contributed by atoms with van der Waals surface area (Å²) in [7, 11) is 0. The van der Waals surface area contributed by atoms with E-state index in [1.165, 1.54) is 6.07 Å². The molecule has 0 aliphatic carbocycles. The average molecular weight is 345 g/mol. The van der Waals surface area contributed by atoms with Gasteiger partial charge in [-0.15, -0.1) is 0 Å². The summed E-state index contributed by atoms with van der Waals surface area (Å²) in [5.74, 6) is 0. The van der Waals surface area contributed by atoms with Crippen LogP contribution in [0.15, 0.2) is 76.6 Å². The highest BCUT2D eigenvalue weighted by Gasteiger charge is 2.16. The van der Waals surface area contributed by atoms with Crippen LogP contribution < -0.4 is 11.0 Å². The molecule has 1 N–H and O–H groups in total. The number of nitrogens with one attached hydrogen (secondary N) is 1. The van der Waals surface area contributed by atoms with E-state index in [-0.39, 0.29) is 17.0 Å². The summed E-state index contributed by atoms with van der Waals surface area (Å²) in [6.45, 7) is 3.95. The molecule has 1 aromatic carbocycles. The normalized spacial score (nSPS) is 11.3. The highest BCUT2D eigenvalue weighted by molar-refractivity contribution is 5.91. The van der Waals surface area contributed by atoms with E-state index in [1.807, 2.05) is 61.0 Å². The van der Waals surface area contributed by atoms with Crippen LogP contribution in [0.3, 0.4) is 0 Å². The van der Waals surface area contributed by atoms with Crippen molar-refractivity contribution in [2.24, 2.45) is 0 Å². The molecule has 0 spiro atoms. The quantitative estimate of drug-likeness (QED) is 0.615. The molecule has 130 valence electrons. The Morgan fingerprint density at radius 2 is 1.69 bits per heavy atom. The van der Waals surface area contributed by atoms with Gasteiger partial charge in [-0.3, -0.25) is 19.2 Å². The smallest absolute Gasteiger partial charge is 0.250 e. The molecule has 3 aromatic heterocycles. The molecule has 0 saturated heterocycles. The molecule has 0 fully saturated rings. The molecule has 0 atom stereocenters. The maximum Gasteiger partial charge on any atom is 0.250 e. The van der Waals surface area contributed by atoms with Gasteiger partial charge in [-0.05, 0) is 19.9 Å². The number of fused-ring (bicyclic) bond motifs is 1.